The van der Waals surface area contributed by atoms with Crippen LogP contribution in [0.15, 0.2) is 72.8 Å². The fraction of sp³-hybridized carbons (Fsp3) is 0.683. The lowest BCUT2D eigenvalue weighted by molar-refractivity contribution is 0.304. The van der Waals surface area contributed by atoms with E-state index in [0.29, 0.717) is 0 Å². The van der Waals surface area contributed by atoms with E-state index in [9.17, 15) is 0 Å². The minimum absolute atomic E-state index is 0.757. The maximum atomic E-state index is 6.62. The molecule has 0 heterocycles. The SMILES string of the molecule is CCCCCCCCCCCCCCOc1ccc2c(c1)-c1cc(OCCCCCCCCCCCCCC)ccc1C2=C1c2ccc(OCCCCCCCCCCCCCC)cc2-c2cc(OCCCCCCCCCCCCCC)ccc21. The number of benzene rings is 4. The monoisotopic (exact) mass is 1180 g/mol. The zero-order valence-corrected chi connectivity index (χ0v) is 56.3. The number of unbranched alkanes of at least 4 members (excludes halogenated alkanes) is 44. The molecule has 0 radical (unpaired) electrons. The smallest absolute Gasteiger partial charge is 0.119 e. The van der Waals surface area contributed by atoms with Crippen molar-refractivity contribution in [2.24, 2.45) is 0 Å². The van der Waals surface area contributed by atoms with Crippen molar-refractivity contribution >= 4 is 11.1 Å². The van der Waals surface area contributed by atoms with Crippen LogP contribution in [0.1, 0.15) is 358 Å². The van der Waals surface area contributed by atoms with Crippen LogP contribution in [0.4, 0.5) is 0 Å². The van der Waals surface area contributed by atoms with E-state index in [-0.39, 0.29) is 0 Å². The van der Waals surface area contributed by atoms with Crippen LogP contribution in [-0.4, -0.2) is 26.4 Å². The Labute approximate surface area is 530 Å². The normalized spacial score (nSPS) is 12.2. The van der Waals surface area contributed by atoms with Crippen LogP contribution in [-0.2, 0) is 0 Å². The maximum absolute atomic E-state index is 6.62. The van der Waals surface area contributed by atoms with Gasteiger partial charge in [-0.1, -0.05) is 334 Å². The molecule has 0 aliphatic heterocycles. The Morgan fingerprint density at radius 3 is 0.488 bits per heavy atom. The number of fused-ring (bicyclic) bond motifs is 6. The minimum atomic E-state index is 0.757. The predicted molar refractivity (Wildman–Crippen MR) is 375 cm³/mol. The van der Waals surface area contributed by atoms with Gasteiger partial charge < -0.3 is 18.9 Å². The molecule has 0 saturated heterocycles. The first-order chi connectivity index (χ1) is 42.7. The lowest BCUT2D eigenvalue weighted by atomic mass is 9.91. The summed E-state index contributed by atoms with van der Waals surface area (Å²) in [6.07, 6.45) is 64.5. The molecule has 4 heteroatoms. The molecule has 4 aromatic carbocycles. The molecule has 0 bridgehead atoms. The highest BCUT2D eigenvalue weighted by atomic mass is 16.5. The molecule has 2 aliphatic carbocycles. The Morgan fingerprint density at radius 2 is 0.326 bits per heavy atom. The Balaban J connectivity index is 1.14. The molecule has 480 valence electrons. The average molecular weight is 1180 g/mol. The Kier molecular flexibility index (Phi) is 37.9. The quantitative estimate of drug-likeness (QED) is 0.0357. The largest absolute Gasteiger partial charge is 0.494 e. The standard InChI is InChI=1S/C82H128O4/c1-5-9-13-17-21-25-29-33-37-41-45-49-61-83-69-53-57-73-77(65-69)78-66-70(84-62-50-46-42-38-34-30-26-22-18-14-10-6-2)54-58-74(78)81(73)82-75-59-55-71(85-63-51-47-43-39-35-31-27-23-19-15-11-7-3)67-79(75)80-68-72(56-60-76(80)82)86-64-52-48-44-40-36-32-28-24-20-16-12-8-4/h53-60,65-68H,5-52,61-64H2,1-4H3. The highest BCUT2D eigenvalue weighted by Crippen LogP contribution is 2.56. The Bertz CT molecular complexity index is 2060. The van der Waals surface area contributed by atoms with Gasteiger partial charge in [0.15, 0.2) is 0 Å². The van der Waals surface area contributed by atoms with Gasteiger partial charge in [0.25, 0.3) is 0 Å². The minimum Gasteiger partial charge on any atom is -0.494 e. The molecule has 2 aliphatic rings. The molecule has 0 spiro atoms. The van der Waals surface area contributed by atoms with Crippen LogP contribution in [0.3, 0.4) is 0 Å². The fourth-order valence-corrected chi connectivity index (χ4v) is 13.6. The van der Waals surface area contributed by atoms with E-state index in [2.05, 4.69) is 100 Å². The Morgan fingerprint density at radius 1 is 0.174 bits per heavy atom. The summed E-state index contributed by atoms with van der Waals surface area (Å²) in [5.41, 5.74) is 12.6. The molecule has 0 saturated carbocycles. The Hall–Kier alpha value is -4.18. The van der Waals surface area contributed by atoms with Crippen LogP contribution in [0.25, 0.3) is 33.4 Å². The lowest BCUT2D eigenvalue weighted by Crippen LogP contribution is -1.98. The highest BCUT2D eigenvalue weighted by molar-refractivity contribution is 6.19. The summed E-state index contributed by atoms with van der Waals surface area (Å²) < 4.78 is 26.5. The van der Waals surface area contributed by atoms with Crippen molar-refractivity contribution in [1.82, 2.24) is 0 Å². The second-order valence-electron chi connectivity index (χ2n) is 26.5. The third kappa shape index (κ3) is 26.9. The molecule has 4 aromatic rings. The van der Waals surface area contributed by atoms with Crippen LogP contribution in [0.5, 0.6) is 23.0 Å². The molecular weight excluding hydrogens is 1050 g/mol. The molecule has 0 N–H and O–H groups in total. The lowest BCUT2D eigenvalue weighted by Gasteiger charge is -2.13. The van der Waals surface area contributed by atoms with Crippen molar-refractivity contribution in [2.75, 3.05) is 26.4 Å². The third-order valence-corrected chi connectivity index (χ3v) is 18.9. The number of hydrogen-bond donors (Lipinski definition) is 0. The van der Waals surface area contributed by atoms with Gasteiger partial charge in [-0.15, -0.1) is 0 Å². The van der Waals surface area contributed by atoms with Gasteiger partial charge in [0.2, 0.25) is 0 Å². The van der Waals surface area contributed by atoms with Crippen molar-refractivity contribution in [3.8, 4) is 45.3 Å². The molecule has 86 heavy (non-hydrogen) atoms. The maximum Gasteiger partial charge on any atom is 0.119 e. The number of rotatable bonds is 56. The van der Waals surface area contributed by atoms with E-state index in [0.717, 1.165) is 75.1 Å². The van der Waals surface area contributed by atoms with Crippen LogP contribution in [0, 0.1) is 0 Å². The van der Waals surface area contributed by atoms with E-state index in [4.69, 9.17) is 18.9 Å². The fourth-order valence-electron chi connectivity index (χ4n) is 13.6. The van der Waals surface area contributed by atoms with E-state index in [1.807, 2.05) is 0 Å². The van der Waals surface area contributed by atoms with E-state index in [1.54, 1.807) is 0 Å². The van der Waals surface area contributed by atoms with Crippen molar-refractivity contribution in [3.63, 3.8) is 0 Å². The number of ether oxygens (including phenoxy) is 4. The molecule has 0 amide bonds. The van der Waals surface area contributed by atoms with Crippen LogP contribution < -0.4 is 18.9 Å². The predicted octanol–water partition coefficient (Wildman–Crippen LogP) is 27.0. The van der Waals surface area contributed by atoms with Gasteiger partial charge in [0.05, 0.1) is 26.4 Å². The molecule has 4 nitrogen and oxygen atoms in total. The first kappa shape index (κ1) is 70.9. The molecule has 0 fully saturated rings. The molecule has 0 atom stereocenters. The average Bonchev–Trinajstić information content (AvgIpc) is 1.88. The summed E-state index contributed by atoms with van der Waals surface area (Å²) in [7, 11) is 0. The third-order valence-electron chi connectivity index (χ3n) is 18.9. The molecular formula is C82H128O4. The molecule has 0 aromatic heterocycles. The summed E-state index contributed by atoms with van der Waals surface area (Å²) in [6, 6.07) is 27.6. The summed E-state index contributed by atoms with van der Waals surface area (Å²) in [5, 5.41) is 0. The van der Waals surface area contributed by atoms with Crippen molar-refractivity contribution in [3.05, 3.63) is 95.1 Å². The topological polar surface area (TPSA) is 36.9 Å². The van der Waals surface area contributed by atoms with Gasteiger partial charge in [-0.2, -0.15) is 0 Å². The van der Waals surface area contributed by atoms with Gasteiger partial charge in [0.1, 0.15) is 23.0 Å². The molecule has 0 unspecified atom stereocenters. The van der Waals surface area contributed by atoms with Crippen molar-refractivity contribution in [2.45, 2.75) is 336 Å². The van der Waals surface area contributed by atoms with Gasteiger partial charge in [-0.3, -0.25) is 0 Å². The first-order valence-electron chi connectivity index (χ1n) is 37.5. The summed E-state index contributed by atoms with van der Waals surface area (Å²) in [6.45, 7) is 12.3. The number of hydrogen-bond acceptors (Lipinski definition) is 4. The van der Waals surface area contributed by atoms with E-state index in [1.165, 1.54) is 338 Å². The first-order valence-corrected chi connectivity index (χ1v) is 37.5. The van der Waals surface area contributed by atoms with Crippen molar-refractivity contribution in [1.29, 1.82) is 0 Å². The zero-order valence-electron chi connectivity index (χ0n) is 56.3. The zero-order chi connectivity index (χ0) is 60.2. The van der Waals surface area contributed by atoms with Gasteiger partial charge in [0, 0.05) is 0 Å². The van der Waals surface area contributed by atoms with Gasteiger partial charge in [-0.25, -0.2) is 0 Å². The highest BCUT2D eigenvalue weighted by Gasteiger charge is 2.34. The molecule has 6 rings (SSSR count). The van der Waals surface area contributed by atoms with Crippen molar-refractivity contribution < 1.29 is 18.9 Å². The summed E-state index contributed by atoms with van der Waals surface area (Å²) in [4.78, 5) is 0. The van der Waals surface area contributed by atoms with E-state index < -0.39 is 0 Å². The van der Waals surface area contributed by atoms with Gasteiger partial charge in [-0.05, 0) is 130 Å². The van der Waals surface area contributed by atoms with Crippen LogP contribution >= 0.6 is 0 Å². The van der Waals surface area contributed by atoms with Crippen LogP contribution in [0.2, 0.25) is 0 Å². The summed E-state index contributed by atoms with van der Waals surface area (Å²) in [5.74, 6) is 3.85. The second kappa shape index (κ2) is 46.0. The van der Waals surface area contributed by atoms with E-state index >= 15 is 0 Å². The summed E-state index contributed by atoms with van der Waals surface area (Å²) >= 11 is 0. The van der Waals surface area contributed by atoms with Gasteiger partial charge >= 0.3 is 0 Å². The second-order valence-corrected chi connectivity index (χ2v) is 26.5.